The summed E-state index contributed by atoms with van der Waals surface area (Å²) in [5, 5.41) is 0.507. The minimum absolute atomic E-state index is 0.0805. The van der Waals surface area contributed by atoms with Crippen LogP contribution >= 0.6 is 11.6 Å². The maximum atomic E-state index is 15.3. The number of anilines is 1. The van der Waals surface area contributed by atoms with Crippen molar-refractivity contribution in [3.05, 3.63) is 100 Å². The molecule has 0 amide bonds. The van der Waals surface area contributed by atoms with Crippen LogP contribution in [0.5, 0.6) is 5.75 Å². The molecule has 2 aromatic heterocycles. The normalized spacial score (nSPS) is 15.7. The number of aryl methyl sites for hydroxylation is 2. The minimum atomic E-state index is -4.74. The van der Waals surface area contributed by atoms with Crippen molar-refractivity contribution < 1.29 is 27.1 Å². The van der Waals surface area contributed by atoms with E-state index in [1.807, 2.05) is 30.9 Å². The third-order valence-electron chi connectivity index (χ3n) is 7.23. The Morgan fingerprint density at radius 1 is 1.12 bits per heavy atom. The van der Waals surface area contributed by atoms with Gasteiger partial charge in [-0.3, -0.25) is 9.20 Å². The lowest BCUT2D eigenvalue weighted by Crippen LogP contribution is -2.35. The Hall–Kier alpha value is -3.85. The van der Waals surface area contributed by atoms with Crippen molar-refractivity contribution in [1.82, 2.24) is 9.38 Å². The Kier molecular flexibility index (Phi) is 8.09. The minimum Gasteiger partial charge on any atom is -0.406 e. The molecule has 2 aromatic carbocycles. The number of hydrogen-bond acceptors (Lipinski definition) is 4. The molecular formula is C31H28ClF4N3O2. The Morgan fingerprint density at radius 2 is 1.88 bits per heavy atom. The summed E-state index contributed by atoms with van der Waals surface area (Å²) in [5.41, 5.74) is 4.71. The fourth-order valence-electron chi connectivity index (χ4n) is 5.30. The fraction of sp³-hybridized carbons (Fsp3) is 0.290. The number of ketones is 1. The molecule has 0 spiro atoms. The average molecular weight is 586 g/mol. The van der Waals surface area contributed by atoms with E-state index in [2.05, 4.69) is 9.72 Å². The maximum Gasteiger partial charge on any atom is 0.573 e. The lowest BCUT2D eigenvalue weighted by Gasteiger charge is -2.34. The summed E-state index contributed by atoms with van der Waals surface area (Å²) in [6.45, 7) is 4.47. The molecule has 0 saturated heterocycles. The smallest absolute Gasteiger partial charge is 0.406 e. The van der Waals surface area contributed by atoms with Gasteiger partial charge in [0.05, 0.1) is 10.7 Å². The van der Waals surface area contributed by atoms with Crippen LogP contribution < -0.4 is 9.64 Å². The number of rotatable bonds is 8. The summed E-state index contributed by atoms with van der Waals surface area (Å²) in [6, 6.07) is 14.2. The Labute approximate surface area is 240 Å². The standard InChI is InChI=1S/C31H28ClF4N3O2/c1-3-27-30(39-18-22(32)6-13-29(39)37-27)28(40)12-5-20-4-11-25(26(33)17-20)21-14-15-38(19(2)16-21)23-7-9-24(10-8-23)41-31(34,35)36/h4,6-11,13,16-19H,3,5,12,14-15H2,1-2H3/t19-/m0/s1. The lowest BCUT2D eigenvalue weighted by molar-refractivity contribution is -0.274. The van der Waals surface area contributed by atoms with Crippen molar-refractivity contribution in [3.8, 4) is 5.75 Å². The molecule has 5 nitrogen and oxygen atoms in total. The number of fused-ring (bicyclic) bond motifs is 1. The number of alkyl halides is 3. The predicted octanol–water partition coefficient (Wildman–Crippen LogP) is 8.09. The molecule has 0 aliphatic carbocycles. The molecule has 1 atom stereocenters. The molecular weight excluding hydrogens is 558 g/mol. The van der Waals surface area contributed by atoms with Gasteiger partial charge in [-0.25, -0.2) is 9.37 Å². The van der Waals surface area contributed by atoms with Crippen LogP contribution in [-0.2, 0) is 12.8 Å². The quantitative estimate of drug-likeness (QED) is 0.155. The van der Waals surface area contributed by atoms with Crippen LogP contribution in [0.2, 0.25) is 5.02 Å². The van der Waals surface area contributed by atoms with Crippen LogP contribution in [0.4, 0.5) is 23.2 Å². The van der Waals surface area contributed by atoms with Crippen LogP contribution in [-0.4, -0.2) is 34.1 Å². The van der Waals surface area contributed by atoms with E-state index in [9.17, 15) is 18.0 Å². The fourth-order valence-corrected chi connectivity index (χ4v) is 5.46. The van der Waals surface area contributed by atoms with Gasteiger partial charge >= 0.3 is 6.36 Å². The third-order valence-corrected chi connectivity index (χ3v) is 7.46. The summed E-state index contributed by atoms with van der Waals surface area (Å²) >= 11 is 6.14. The van der Waals surface area contributed by atoms with Gasteiger partial charge in [-0.15, -0.1) is 13.2 Å². The second-order valence-electron chi connectivity index (χ2n) is 9.99. The monoisotopic (exact) mass is 585 g/mol. The first kappa shape index (κ1) is 28.7. The average Bonchev–Trinajstić information content (AvgIpc) is 3.29. The first-order valence-electron chi connectivity index (χ1n) is 13.3. The molecule has 0 unspecified atom stereocenters. The van der Waals surface area contributed by atoms with E-state index in [1.54, 1.807) is 40.9 Å². The molecule has 214 valence electrons. The van der Waals surface area contributed by atoms with E-state index in [0.29, 0.717) is 53.4 Å². The van der Waals surface area contributed by atoms with E-state index < -0.39 is 6.36 Å². The van der Waals surface area contributed by atoms with Crippen molar-refractivity contribution in [1.29, 1.82) is 0 Å². The van der Waals surface area contributed by atoms with Gasteiger partial charge in [0.25, 0.3) is 0 Å². The zero-order valence-corrected chi connectivity index (χ0v) is 23.3. The summed E-state index contributed by atoms with van der Waals surface area (Å²) in [6.07, 6.45) is 0.658. The Bertz CT molecular complexity index is 1610. The molecule has 10 heteroatoms. The number of aromatic nitrogens is 2. The third kappa shape index (κ3) is 6.40. The lowest BCUT2D eigenvalue weighted by atomic mass is 9.94. The van der Waals surface area contributed by atoms with E-state index in [0.717, 1.165) is 16.8 Å². The Balaban J connectivity index is 1.26. The highest BCUT2D eigenvalue weighted by molar-refractivity contribution is 6.30. The first-order chi connectivity index (χ1) is 19.5. The highest BCUT2D eigenvalue weighted by Gasteiger charge is 2.31. The summed E-state index contributed by atoms with van der Waals surface area (Å²) in [5.74, 6) is -0.714. The van der Waals surface area contributed by atoms with Crippen LogP contribution in [0, 0.1) is 5.82 Å². The number of Topliss-reactive ketones (excluding diaryl/α,β-unsaturated/α-hetero) is 1. The molecule has 0 N–H and O–H groups in total. The molecule has 0 fully saturated rings. The number of imidazole rings is 1. The zero-order chi connectivity index (χ0) is 29.3. The summed E-state index contributed by atoms with van der Waals surface area (Å²) < 4.78 is 58.3. The van der Waals surface area contributed by atoms with E-state index in [-0.39, 0.29) is 29.8 Å². The SMILES string of the molecule is CCc1nc2ccc(Cl)cn2c1C(=O)CCc1ccc(C2=C[C@H](C)N(c3ccc(OC(F)(F)F)cc3)CC2)c(F)c1. The van der Waals surface area contributed by atoms with Crippen molar-refractivity contribution in [2.45, 2.75) is 51.9 Å². The van der Waals surface area contributed by atoms with Gasteiger partial charge in [0.2, 0.25) is 0 Å². The second kappa shape index (κ2) is 11.6. The van der Waals surface area contributed by atoms with E-state index >= 15 is 4.39 Å². The van der Waals surface area contributed by atoms with E-state index in [1.165, 1.54) is 18.2 Å². The number of benzene rings is 2. The molecule has 4 aromatic rings. The Morgan fingerprint density at radius 3 is 2.54 bits per heavy atom. The van der Waals surface area contributed by atoms with Gasteiger partial charge in [0.15, 0.2) is 5.78 Å². The van der Waals surface area contributed by atoms with Crippen molar-refractivity contribution >= 4 is 34.3 Å². The highest BCUT2D eigenvalue weighted by atomic mass is 35.5. The van der Waals surface area contributed by atoms with E-state index in [4.69, 9.17) is 11.6 Å². The second-order valence-corrected chi connectivity index (χ2v) is 10.4. The molecule has 1 aliphatic heterocycles. The van der Waals surface area contributed by atoms with Gasteiger partial charge in [0.1, 0.15) is 22.9 Å². The number of halogens is 5. The molecule has 1 aliphatic rings. The van der Waals surface area contributed by atoms with Crippen LogP contribution in [0.1, 0.15) is 54.0 Å². The number of pyridine rings is 1. The van der Waals surface area contributed by atoms with Gasteiger partial charge in [-0.2, -0.15) is 0 Å². The molecule has 3 heterocycles. The predicted molar refractivity (Wildman–Crippen MR) is 151 cm³/mol. The molecule has 41 heavy (non-hydrogen) atoms. The molecule has 0 radical (unpaired) electrons. The number of carbonyl (C=O) groups excluding carboxylic acids is 1. The summed E-state index contributed by atoms with van der Waals surface area (Å²) in [4.78, 5) is 19.8. The largest absolute Gasteiger partial charge is 0.573 e. The van der Waals surface area contributed by atoms with Crippen molar-refractivity contribution in [2.24, 2.45) is 0 Å². The van der Waals surface area contributed by atoms with Gasteiger partial charge in [0, 0.05) is 36.5 Å². The number of carbonyl (C=O) groups is 1. The van der Waals surface area contributed by atoms with Crippen LogP contribution in [0.25, 0.3) is 11.2 Å². The van der Waals surface area contributed by atoms with Gasteiger partial charge < -0.3 is 9.64 Å². The molecule has 0 saturated carbocycles. The maximum absolute atomic E-state index is 15.3. The van der Waals surface area contributed by atoms with Gasteiger partial charge in [-0.05, 0) is 79.8 Å². The van der Waals surface area contributed by atoms with Gasteiger partial charge in [-0.1, -0.05) is 36.7 Å². The number of ether oxygens (including phenoxy) is 1. The van der Waals surface area contributed by atoms with Crippen molar-refractivity contribution in [2.75, 3.05) is 11.4 Å². The number of nitrogens with zero attached hydrogens (tertiary/aromatic N) is 3. The van der Waals surface area contributed by atoms with Crippen molar-refractivity contribution in [3.63, 3.8) is 0 Å². The highest BCUT2D eigenvalue weighted by Crippen LogP contribution is 2.32. The molecule has 0 bridgehead atoms. The number of hydrogen-bond donors (Lipinski definition) is 0. The first-order valence-corrected chi connectivity index (χ1v) is 13.7. The topological polar surface area (TPSA) is 46.8 Å². The molecule has 5 rings (SSSR count). The van der Waals surface area contributed by atoms with Crippen LogP contribution in [0.3, 0.4) is 0 Å². The summed E-state index contributed by atoms with van der Waals surface area (Å²) in [7, 11) is 0. The zero-order valence-electron chi connectivity index (χ0n) is 22.5. The van der Waals surface area contributed by atoms with Crippen LogP contribution in [0.15, 0.2) is 66.9 Å².